The summed E-state index contributed by atoms with van der Waals surface area (Å²) in [6.07, 6.45) is 2.26. The van der Waals surface area contributed by atoms with Crippen molar-refractivity contribution >= 4 is 23.5 Å². The fraction of sp³-hybridized carbons (Fsp3) is 0.438. The van der Waals surface area contributed by atoms with Crippen molar-refractivity contribution in [2.75, 3.05) is 18.0 Å². The molecule has 1 aromatic rings. The van der Waals surface area contributed by atoms with Crippen LogP contribution < -0.4 is 10.2 Å². The lowest BCUT2D eigenvalue weighted by molar-refractivity contribution is -0.130. The Hall–Kier alpha value is -2.37. The van der Waals surface area contributed by atoms with Crippen LogP contribution in [-0.2, 0) is 9.59 Å². The molecule has 0 bridgehead atoms. The van der Waals surface area contributed by atoms with Crippen LogP contribution in [0.5, 0.6) is 0 Å². The predicted molar refractivity (Wildman–Crippen MR) is 81.2 cm³/mol. The first-order valence-electron chi connectivity index (χ1n) is 7.52. The molecule has 6 nitrogen and oxygen atoms in total. The van der Waals surface area contributed by atoms with Crippen LogP contribution in [-0.4, -0.2) is 41.9 Å². The number of hydrogen-bond acceptors (Lipinski definition) is 3. The summed E-state index contributed by atoms with van der Waals surface area (Å²) in [4.78, 5) is 38.8. The van der Waals surface area contributed by atoms with Gasteiger partial charge in [0.05, 0.1) is 0 Å². The minimum absolute atomic E-state index is 0.0195. The van der Waals surface area contributed by atoms with Gasteiger partial charge in [-0.05, 0) is 37.8 Å². The van der Waals surface area contributed by atoms with E-state index in [0.29, 0.717) is 11.6 Å². The number of benzene rings is 1. The third kappa shape index (κ3) is 2.95. The molecule has 1 N–H and O–H groups in total. The van der Waals surface area contributed by atoms with Gasteiger partial charge in [0.25, 0.3) is 5.91 Å². The van der Waals surface area contributed by atoms with E-state index in [9.17, 15) is 14.4 Å². The number of nitrogens with zero attached hydrogens (tertiary/aromatic N) is 2. The Bertz CT molecular complexity index is 598. The van der Waals surface area contributed by atoms with Gasteiger partial charge in [-0.3, -0.25) is 19.4 Å². The maximum Gasteiger partial charge on any atom is 0.332 e. The normalized spacial score (nSPS) is 19.5. The Morgan fingerprint density at radius 2 is 1.95 bits per heavy atom. The Morgan fingerprint density at radius 1 is 1.27 bits per heavy atom. The molecule has 2 fully saturated rings. The molecule has 0 spiro atoms. The first kappa shape index (κ1) is 14.6. The number of carbonyl (C=O) groups excluding carboxylic acids is 3. The highest BCUT2D eigenvalue weighted by atomic mass is 16.2. The quantitative estimate of drug-likeness (QED) is 0.835. The van der Waals surface area contributed by atoms with Crippen molar-refractivity contribution in [3.63, 3.8) is 0 Å². The Balaban J connectivity index is 1.63. The van der Waals surface area contributed by atoms with Crippen LogP contribution in [0.1, 0.15) is 19.8 Å². The van der Waals surface area contributed by atoms with Crippen LogP contribution in [0.15, 0.2) is 30.3 Å². The first-order chi connectivity index (χ1) is 10.6. The standard InChI is InChI=1S/C16H19N3O3/c1-11(12-7-8-12)17-14(20)9-19-15(21)10-18(16(19)22)13-5-3-2-4-6-13/h2-6,11-12H,7-10H2,1H3,(H,17,20)/t11-/m1/s1. The Morgan fingerprint density at radius 3 is 2.59 bits per heavy atom. The van der Waals surface area contributed by atoms with E-state index in [2.05, 4.69) is 5.32 Å². The third-order valence-corrected chi connectivity index (χ3v) is 4.14. The number of para-hydroxylation sites is 1. The summed E-state index contributed by atoms with van der Waals surface area (Å²) < 4.78 is 0. The molecule has 0 radical (unpaired) electrons. The summed E-state index contributed by atoms with van der Waals surface area (Å²) in [6, 6.07) is 8.65. The molecule has 1 saturated carbocycles. The SMILES string of the molecule is C[C@@H](NC(=O)CN1C(=O)CN(c2ccccc2)C1=O)C1CC1. The molecule has 6 heteroatoms. The smallest absolute Gasteiger partial charge is 0.332 e. The summed E-state index contributed by atoms with van der Waals surface area (Å²) in [5.74, 6) is -0.0890. The summed E-state index contributed by atoms with van der Waals surface area (Å²) >= 11 is 0. The number of imide groups is 1. The summed E-state index contributed by atoms with van der Waals surface area (Å²) in [5, 5.41) is 2.86. The van der Waals surface area contributed by atoms with Gasteiger partial charge in [-0.25, -0.2) is 4.79 Å². The zero-order valence-corrected chi connectivity index (χ0v) is 12.5. The molecular weight excluding hydrogens is 282 g/mol. The zero-order chi connectivity index (χ0) is 15.7. The number of nitrogens with one attached hydrogen (secondary N) is 1. The monoisotopic (exact) mass is 301 g/mol. The van der Waals surface area contributed by atoms with Crippen LogP contribution in [0.25, 0.3) is 0 Å². The molecule has 1 aliphatic carbocycles. The Labute approximate surface area is 129 Å². The zero-order valence-electron chi connectivity index (χ0n) is 12.5. The lowest BCUT2D eigenvalue weighted by Gasteiger charge is -2.18. The largest absolute Gasteiger partial charge is 0.352 e. The van der Waals surface area contributed by atoms with Gasteiger partial charge in [0, 0.05) is 11.7 Å². The second-order valence-electron chi connectivity index (χ2n) is 5.88. The van der Waals surface area contributed by atoms with Gasteiger partial charge in [-0.1, -0.05) is 18.2 Å². The molecule has 0 aromatic heterocycles. The summed E-state index contributed by atoms with van der Waals surface area (Å²) in [7, 11) is 0. The van der Waals surface area contributed by atoms with Gasteiger partial charge in [-0.15, -0.1) is 0 Å². The highest BCUT2D eigenvalue weighted by Gasteiger charge is 2.38. The summed E-state index contributed by atoms with van der Waals surface area (Å²) in [5.41, 5.74) is 0.662. The van der Waals surface area contributed by atoms with Crippen molar-refractivity contribution in [3.05, 3.63) is 30.3 Å². The van der Waals surface area contributed by atoms with Crippen molar-refractivity contribution in [2.24, 2.45) is 5.92 Å². The summed E-state index contributed by atoms with van der Waals surface area (Å²) in [6.45, 7) is 1.73. The van der Waals surface area contributed by atoms with E-state index in [-0.39, 0.29) is 30.9 Å². The van der Waals surface area contributed by atoms with E-state index in [0.717, 1.165) is 17.7 Å². The molecule has 1 heterocycles. The van der Waals surface area contributed by atoms with Crippen molar-refractivity contribution in [3.8, 4) is 0 Å². The molecular formula is C16H19N3O3. The second-order valence-corrected chi connectivity index (χ2v) is 5.88. The fourth-order valence-corrected chi connectivity index (χ4v) is 2.66. The van der Waals surface area contributed by atoms with E-state index < -0.39 is 6.03 Å². The van der Waals surface area contributed by atoms with Crippen LogP contribution >= 0.6 is 0 Å². The number of amides is 4. The predicted octanol–water partition coefficient (Wildman–Crippen LogP) is 1.37. The van der Waals surface area contributed by atoms with Crippen LogP contribution in [0.3, 0.4) is 0 Å². The third-order valence-electron chi connectivity index (χ3n) is 4.14. The van der Waals surface area contributed by atoms with E-state index in [1.165, 1.54) is 4.90 Å². The first-order valence-corrected chi connectivity index (χ1v) is 7.52. The van der Waals surface area contributed by atoms with Crippen LogP contribution in [0.4, 0.5) is 10.5 Å². The van der Waals surface area contributed by atoms with E-state index >= 15 is 0 Å². The number of anilines is 1. The van der Waals surface area contributed by atoms with E-state index in [4.69, 9.17) is 0 Å². The van der Waals surface area contributed by atoms with Crippen molar-refractivity contribution < 1.29 is 14.4 Å². The van der Waals surface area contributed by atoms with Gasteiger partial charge < -0.3 is 5.32 Å². The molecule has 116 valence electrons. The number of urea groups is 1. The van der Waals surface area contributed by atoms with Gasteiger partial charge >= 0.3 is 6.03 Å². The lowest BCUT2D eigenvalue weighted by Crippen LogP contribution is -2.44. The molecule has 1 aromatic carbocycles. The van der Waals surface area contributed by atoms with Crippen LogP contribution in [0, 0.1) is 5.92 Å². The molecule has 3 rings (SSSR count). The number of hydrogen-bond donors (Lipinski definition) is 1. The second kappa shape index (κ2) is 5.79. The topological polar surface area (TPSA) is 69.7 Å². The maximum absolute atomic E-state index is 12.3. The molecule has 1 saturated heterocycles. The maximum atomic E-state index is 12.3. The highest BCUT2D eigenvalue weighted by Crippen LogP contribution is 2.32. The van der Waals surface area contributed by atoms with Gasteiger partial charge in [0.15, 0.2) is 0 Å². The lowest BCUT2D eigenvalue weighted by atomic mass is 10.2. The number of carbonyl (C=O) groups is 3. The minimum atomic E-state index is -0.439. The molecule has 0 unspecified atom stereocenters. The average Bonchev–Trinajstić information content (AvgIpc) is 3.31. The minimum Gasteiger partial charge on any atom is -0.352 e. The van der Waals surface area contributed by atoms with Crippen molar-refractivity contribution in [2.45, 2.75) is 25.8 Å². The highest BCUT2D eigenvalue weighted by molar-refractivity contribution is 6.13. The molecule has 4 amide bonds. The van der Waals surface area contributed by atoms with E-state index in [1.807, 2.05) is 13.0 Å². The van der Waals surface area contributed by atoms with Gasteiger partial charge in [0.2, 0.25) is 5.91 Å². The fourth-order valence-electron chi connectivity index (χ4n) is 2.66. The number of rotatable bonds is 5. The molecule has 22 heavy (non-hydrogen) atoms. The van der Waals surface area contributed by atoms with Crippen LogP contribution in [0.2, 0.25) is 0 Å². The van der Waals surface area contributed by atoms with Gasteiger partial charge in [-0.2, -0.15) is 0 Å². The van der Waals surface area contributed by atoms with E-state index in [1.54, 1.807) is 24.3 Å². The molecule has 1 aliphatic heterocycles. The van der Waals surface area contributed by atoms with Crippen molar-refractivity contribution in [1.29, 1.82) is 0 Å². The average molecular weight is 301 g/mol. The Kier molecular flexibility index (Phi) is 3.83. The van der Waals surface area contributed by atoms with Gasteiger partial charge in [0.1, 0.15) is 13.1 Å². The molecule has 1 atom stereocenters. The molecule has 2 aliphatic rings. The van der Waals surface area contributed by atoms with Crippen molar-refractivity contribution in [1.82, 2.24) is 10.2 Å².